The van der Waals surface area contributed by atoms with E-state index in [9.17, 15) is 13.2 Å². The lowest BCUT2D eigenvalue weighted by Gasteiger charge is -2.13. The van der Waals surface area contributed by atoms with Gasteiger partial charge in [-0.15, -0.1) is 0 Å². The highest BCUT2D eigenvalue weighted by Crippen LogP contribution is 2.21. The van der Waals surface area contributed by atoms with Crippen molar-refractivity contribution in [1.29, 1.82) is 0 Å². The van der Waals surface area contributed by atoms with Crippen molar-refractivity contribution in [2.75, 3.05) is 13.1 Å². The number of hydrogen-bond acceptors (Lipinski definition) is 3. The van der Waals surface area contributed by atoms with Gasteiger partial charge in [-0.2, -0.15) is 0 Å². The highest BCUT2D eigenvalue weighted by molar-refractivity contribution is 7.89. The van der Waals surface area contributed by atoms with Crippen LogP contribution in [0.4, 0.5) is 0 Å². The summed E-state index contributed by atoms with van der Waals surface area (Å²) in [6.45, 7) is 5.52. The fourth-order valence-corrected chi connectivity index (χ4v) is 4.57. The lowest BCUT2D eigenvalue weighted by Crippen LogP contribution is -2.38. The fourth-order valence-electron chi connectivity index (χ4n) is 2.92. The van der Waals surface area contributed by atoms with Crippen molar-refractivity contribution in [2.24, 2.45) is 0 Å². The van der Waals surface area contributed by atoms with Crippen LogP contribution in [0.3, 0.4) is 0 Å². The van der Waals surface area contributed by atoms with Crippen molar-refractivity contribution in [3.63, 3.8) is 0 Å². The van der Waals surface area contributed by atoms with Gasteiger partial charge in [0, 0.05) is 11.6 Å². The van der Waals surface area contributed by atoms with E-state index >= 15 is 0 Å². The summed E-state index contributed by atoms with van der Waals surface area (Å²) < 4.78 is 27.4. The molecule has 0 bridgehead atoms. The van der Waals surface area contributed by atoms with Gasteiger partial charge in [-0.25, -0.2) is 13.1 Å². The van der Waals surface area contributed by atoms with E-state index < -0.39 is 10.0 Å². The van der Waals surface area contributed by atoms with Gasteiger partial charge < -0.3 is 5.32 Å². The zero-order valence-electron chi connectivity index (χ0n) is 15.1. The molecule has 5 nitrogen and oxygen atoms in total. The topological polar surface area (TPSA) is 75.3 Å². The van der Waals surface area contributed by atoms with Gasteiger partial charge in [-0.1, -0.05) is 41.4 Å². The molecule has 0 aliphatic heterocycles. The predicted molar refractivity (Wildman–Crippen MR) is 104 cm³/mol. The fraction of sp³-hybridized carbons (Fsp3) is 0.316. The molecular formula is C19H23ClN2O3S. The molecule has 7 heteroatoms. The molecule has 0 saturated carbocycles. The molecule has 140 valence electrons. The molecule has 0 aromatic heterocycles. The van der Waals surface area contributed by atoms with E-state index in [1.165, 1.54) is 0 Å². The third-order valence-corrected chi connectivity index (χ3v) is 5.86. The van der Waals surface area contributed by atoms with Crippen LogP contribution in [0.15, 0.2) is 41.3 Å². The molecule has 0 radical (unpaired) electrons. The molecule has 26 heavy (non-hydrogen) atoms. The Bertz CT molecular complexity index is 888. The average Bonchev–Trinajstić information content (AvgIpc) is 2.52. The van der Waals surface area contributed by atoms with Crippen molar-refractivity contribution in [2.45, 2.75) is 32.1 Å². The van der Waals surface area contributed by atoms with Crippen LogP contribution in [-0.4, -0.2) is 27.4 Å². The van der Waals surface area contributed by atoms with E-state index in [-0.39, 0.29) is 17.3 Å². The molecule has 0 fully saturated rings. The van der Waals surface area contributed by atoms with E-state index in [2.05, 4.69) is 10.0 Å². The highest BCUT2D eigenvalue weighted by atomic mass is 35.5. The third kappa shape index (κ3) is 5.56. The molecule has 0 aliphatic carbocycles. The van der Waals surface area contributed by atoms with Crippen LogP contribution >= 0.6 is 11.6 Å². The molecule has 2 N–H and O–H groups in total. The van der Waals surface area contributed by atoms with E-state index in [0.717, 1.165) is 11.1 Å². The summed E-state index contributed by atoms with van der Waals surface area (Å²) in [4.78, 5) is 12.2. The van der Waals surface area contributed by atoms with Crippen LogP contribution in [-0.2, 0) is 21.2 Å². The molecule has 2 aromatic rings. The van der Waals surface area contributed by atoms with Gasteiger partial charge in [0.25, 0.3) is 0 Å². The first kappa shape index (κ1) is 20.4. The summed E-state index contributed by atoms with van der Waals surface area (Å²) in [5.74, 6) is -0.377. The van der Waals surface area contributed by atoms with E-state index in [4.69, 9.17) is 11.6 Å². The quantitative estimate of drug-likeness (QED) is 0.758. The maximum absolute atomic E-state index is 12.5. The van der Waals surface area contributed by atoms with Crippen LogP contribution in [0.2, 0.25) is 5.02 Å². The van der Waals surface area contributed by atoms with Crippen LogP contribution in [0, 0.1) is 20.8 Å². The molecule has 0 aliphatic rings. The van der Waals surface area contributed by atoms with Crippen molar-refractivity contribution >= 4 is 27.5 Å². The zero-order chi connectivity index (χ0) is 19.3. The molecule has 0 spiro atoms. The van der Waals surface area contributed by atoms with Crippen LogP contribution in [0.5, 0.6) is 0 Å². The summed E-state index contributed by atoms with van der Waals surface area (Å²) in [5.41, 5.74) is 3.33. The number of rotatable bonds is 7. The third-order valence-electron chi connectivity index (χ3n) is 3.92. The number of hydrogen-bond donors (Lipinski definition) is 2. The Balaban J connectivity index is 1.90. The second-order valence-corrected chi connectivity index (χ2v) is 8.42. The molecule has 2 aromatic carbocycles. The van der Waals surface area contributed by atoms with Crippen molar-refractivity contribution in [1.82, 2.24) is 10.0 Å². The Morgan fingerprint density at radius 1 is 1.08 bits per heavy atom. The van der Waals surface area contributed by atoms with Gasteiger partial charge in [-0.05, 0) is 56.0 Å². The van der Waals surface area contributed by atoms with Gasteiger partial charge in [0.2, 0.25) is 15.9 Å². The Morgan fingerprint density at radius 2 is 1.73 bits per heavy atom. The first-order valence-corrected chi connectivity index (χ1v) is 10.1. The van der Waals surface area contributed by atoms with Crippen LogP contribution in [0.1, 0.15) is 22.3 Å². The van der Waals surface area contributed by atoms with E-state index in [1.807, 2.05) is 37.3 Å². The SMILES string of the molecule is Cc1cc(C)c(S(=O)(=O)NCC(=O)NCCc2cccc(Cl)c2)c(C)c1. The molecule has 1 amide bonds. The van der Waals surface area contributed by atoms with Gasteiger partial charge in [-0.3, -0.25) is 4.79 Å². The summed E-state index contributed by atoms with van der Waals surface area (Å²) in [5, 5.41) is 3.35. The first-order chi connectivity index (χ1) is 12.2. The Labute approximate surface area is 159 Å². The van der Waals surface area contributed by atoms with Gasteiger partial charge >= 0.3 is 0 Å². The number of carbonyl (C=O) groups excluding carboxylic acids is 1. The second-order valence-electron chi connectivity index (χ2n) is 6.28. The summed E-state index contributed by atoms with van der Waals surface area (Å²) in [7, 11) is -3.74. The predicted octanol–water partition coefficient (Wildman–Crippen LogP) is 2.90. The smallest absolute Gasteiger partial charge is 0.241 e. The van der Waals surface area contributed by atoms with Crippen LogP contribution in [0.25, 0.3) is 0 Å². The van der Waals surface area contributed by atoms with Gasteiger partial charge in [0.05, 0.1) is 11.4 Å². The lowest BCUT2D eigenvalue weighted by atomic mass is 10.1. The van der Waals surface area contributed by atoms with Crippen molar-refractivity contribution in [3.05, 3.63) is 63.7 Å². The Morgan fingerprint density at radius 3 is 2.35 bits per heavy atom. The molecule has 0 unspecified atom stereocenters. The molecule has 0 saturated heterocycles. The standard InChI is InChI=1S/C19H23ClN2O3S/c1-13-9-14(2)19(15(3)10-13)26(24,25)22-12-18(23)21-8-7-16-5-4-6-17(20)11-16/h4-6,9-11,22H,7-8,12H2,1-3H3,(H,21,23). The highest BCUT2D eigenvalue weighted by Gasteiger charge is 2.20. The first-order valence-electron chi connectivity index (χ1n) is 8.27. The molecule has 0 atom stereocenters. The van der Waals surface area contributed by atoms with Gasteiger partial charge in [0.15, 0.2) is 0 Å². The number of carbonyl (C=O) groups is 1. The Hall–Kier alpha value is -1.89. The monoisotopic (exact) mass is 394 g/mol. The zero-order valence-corrected chi connectivity index (χ0v) is 16.7. The number of benzene rings is 2. The lowest BCUT2D eigenvalue weighted by molar-refractivity contribution is -0.119. The molecule has 0 heterocycles. The minimum absolute atomic E-state index is 0.231. The second kappa shape index (κ2) is 8.66. The minimum atomic E-state index is -3.74. The Kier molecular flexibility index (Phi) is 6.81. The maximum atomic E-state index is 12.5. The number of sulfonamides is 1. The minimum Gasteiger partial charge on any atom is -0.355 e. The normalized spacial score (nSPS) is 11.4. The van der Waals surface area contributed by atoms with Crippen LogP contribution < -0.4 is 10.0 Å². The summed E-state index contributed by atoms with van der Waals surface area (Å²) in [6.07, 6.45) is 0.620. The van der Waals surface area contributed by atoms with E-state index in [1.54, 1.807) is 19.9 Å². The molecular weight excluding hydrogens is 372 g/mol. The van der Waals surface area contributed by atoms with E-state index in [0.29, 0.717) is 29.1 Å². The van der Waals surface area contributed by atoms with Crippen molar-refractivity contribution < 1.29 is 13.2 Å². The summed E-state index contributed by atoms with van der Waals surface area (Å²) in [6, 6.07) is 11.0. The number of nitrogens with one attached hydrogen (secondary N) is 2. The number of aryl methyl sites for hydroxylation is 3. The maximum Gasteiger partial charge on any atom is 0.241 e. The van der Waals surface area contributed by atoms with Gasteiger partial charge in [0.1, 0.15) is 0 Å². The average molecular weight is 395 g/mol. The van der Waals surface area contributed by atoms with Crippen molar-refractivity contribution in [3.8, 4) is 0 Å². The largest absolute Gasteiger partial charge is 0.355 e. The summed E-state index contributed by atoms with van der Waals surface area (Å²) >= 11 is 5.92. The number of amides is 1. The number of halogens is 1. The molecule has 2 rings (SSSR count).